The predicted octanol–water partition coefficient (Wildman–Crippen LogP) is 1.42. The van der Waals surface area contributed by atoms with Crippen LogP contribution >= 0.6 is 0 Å². The first-order chi connectivity index (χ1) is 18.8. The summed E-state index contributed by atoms with van der Waals surface area (Å²) >= 11 is 0. The molecule has 2 aromatic rings. The second-order valence-corrected chi connectivity index (χ2v) is 10.1. The summed E-state index contributed by atoms with van der Waals surface area (Å²) in [5, 5.41) is 11.6. The average molecular weight is 533 g/mol. The standard InChI is InChI=1S/C30H33N3O6/c1-4-16-39-24-11-10-21(19-20(24)2)26(34)25-27(35)28(36)33(13-7-12-32-14-17-38-18-15-32)30(25)22-8-5-6-9-23(22)31(3)29(30)37/h4-6,8-11,19,34H,1,7,12-18H2,2-3H3/p+1. The zero-order chi connectivity index (χ0) is 27.7. The van der Waals surface area contributed by atoms with Crippen LogP contribution in [0.1, 0.15) is 23.1 Å². The first-order valence-corrected chi connectivity index (χ1v) is 13.3. The maximum atomic E-state index is 14.1. The largest absolute Gasteiger partial charge is 0.507 e. The Morgan fingerprint density at radius 1 is 1.18 bits per heavy atom. The van der Waals surface area contributed by atoms with Crippen LogP contribution in [0.15, 0.2) is 60.7 Å². The van der Waals surface area contributed by atoms with E-state index in [2.05, 4.69) is 6.58 Å². The van der Waals surface area contributed by atoms with Crippen molar-refractivity contribution in [3.63, 3.8) is 0 Å². The van der Waals surface area contributed by atoms with Crippen molar-refractivity contribution in [2.75, 3.05) is 57.9 Å². The van der Waals surface area contributed by atoms with Crippen LogP contribution in [0.25, 0.3) is 5.76 Å². The molecule has 0 radical (unpaired) electrons. The molecule has 2 N–H and O–H groups in total. The summed E-state index contributed by atoms with van der Waals surface area (Å²) in [4.78, 5) is 45.6. The van der Waals surface area contributed by atoms with Gasteiger partial charge in [-0.15, -0.1) is 0 Å². The molecule has 9 heteroatoms. The number of nitrogens with zero attached hydrogens (tertiary/aromatic N) is 2. The molecule has 1 atom stereocenters. The lowest BCUT2D eigenvalue weighted by Gasteiger charge is -2.34. The third-order valence-corrected chi connectivity index (χ3v) is 7.86. The number of likely N-dealkylation sites (tertiary alicyclic amines) is 1. The van der Waals surface area contributed by atoms with Crippen molar-refractivity contribution in [2.24, 2.45) is 0 Å². The van der Waals surface area contributed by atoms with E-state index in [1.54, 1.807) is 55.6 Å². The lowest BCUT2D eigenvalue weighted by atomic mass is 9.81. The van der Waals surface area contributed by atoms with Gasteiger partial charge in [0.2, 0.25) is 0 Å². The number of ether oxygens (including phenoxy) is 2. The highest BCUT2D eigenvalue weighted by Crippen LogP contribution is 2.53. The van der Waals surface area contributed by atoms with Gasteiger partial charge in [0.25, 0.3) is 17.6 Å². The number of aliphatic hydroxyl groups excluding tert-OH is 1. The number of aliphatic hydroxyl groups is 1. The number of likely N-dealkylation sites (N-methyl/N-ethyl adjacent to an activating group) is 1. The number of Topliss-reactive ketones (excluding diaryl/α,β-unsaturated/α-hetero) is 1. The fourth-order valence-corrected chi connectivity index (χ4v) is 5.92. The molecule has 2 fully saturated rings. The molecule has 3 aliphatic rings. The minimum atomic E-state index is -1.74. The normalized spacial score (nSPS) is 22.6. The summed E-state index contributed by atoms with van der Waals surface area (Å²) in [6.45, 7) is 9.91. The third-order valence-electron chi connectivity index (χ3n) is 7.86. The van der Waals surface area contributed by atoms with Crippen molar-refractivity contribution in [3.8, 4) is 5.75 Å². The van der Waals surface area contributed by atoms with E-state index >= 15 is 0 Å². The molecule has 204 valence electrons. The summed E-state index contributed by atoms with van der Waals surface area (Å²) in [5.74, 6) is -1.87. The zero-order valence-electron chi connectivity index (χ0n) is 22.4. The molecule has 1 spiro atoms. The predicted molar refractivity (Wildman–Crippen MR) is 146 cm³/mol. The van der Waals surface area contributed by atoms with Gasteiger partial charge in [-0.3, -0.25) is 14.4 Å². The first-order valence-electron chi connectivity index (χ1n) is 13.3. The average Bonchev–Trinajstić information content (AvgIpc) is 3.31. The maximum absolute atomic E-state index is 14.1. The lowest BCUT2D eigenvalue weighted by molar-refractivity contribution is -0.908. The molecule has 0 saturated carbocycles. The number of quaternary nitrogens is 1. The van der Waals surface area contributed by atoms with E-state index < -0.39 is 23.1 Å². The number of para-hydroxylation sites is 1. The van der Waals surface area contributed by atoms with Crippen LogP contribution < -0.4 is 14.5 Å². The monoisotopic (exact) mass is 532 g/mol. The number of nitrogens with one attached hydrogen (secondary N) is 1. The Morgan fingerprint density at radius 2 is 1.92 bits per heavy atom. The highest BCUT2D eigenvalue weighted by atomic mass is 16.5. The fourth-order valence-electron chi connectivity index (χ4n) is 5.92. The van der Waals surface area contributed by atoms with Crippen molar-refractivity contribution >= 4 is 29.0 Å². The van der Waals surface area contributed by atoms with Gasteiger partial charge in [-0.25, -0.2) is 0 Å². The molecule has 5 rings (SSSR count). The van der Waals surface area contributed by atoms with Crippen LogP contribution in [0.4, 0.5) is 5.69 Å². The van der Waals surface area contributed by atoms with Crippen LogP contribution in [0, 0.1) is 6.92 Å². The Hall–Kier alpha value is -3.95. The molecular weight excluding hydrogens is 498 g/mol. The van der Waals surface area contributed by atoms with Crippen LogP contribution in [-0.4, -0.2) is 80.7 Å². The van der Waals surface area contributed by atoms with Crippen molar-refractivity contribution in [1.29, 1.82) is 0 Å². The van der Waals surface area contributed by atoms with Crippen molar-refractivity contribution in [1.82, 2.24) is 4.90 Å². The molecule has 39 heavy (non-hydrogen) atoms. The van der Waals surface area contributed by atoms with E-state index in [4.69, 9.17) is 9.47 Å². The molecule has 2 amide bonds. The molecule has 2 saturated heterocycles. The summed E-state index contributed by atoms with van der Waals surface area (Å²) < 4.78 is 11.1. The third kappa shape index (κ3) is 4.31. The minimum Gasteiger partial charge on any atom is -0.507 e. The van der Waals surface area contributed by atoms with Gasteiger partial charge in [-0.05, 0) is 36.8 Å². The van der Waals surface area contributed by atoms with Gasteiger partial charge in [0.1, 0.15) is 31.2 Å². The second-order valence-electron chi connectivity index (χ2n) is 10.1. The number of amides is 2. The zero-order valence-corrected chi connectivity index (χ0v) is 22.4. The molecule has 1 unspecified atom stereocenters. The number of hydrogen-bond acceptors (Lipinski definition) is 6. The number of ketones is 1. The number of aryl methyl sites for hydroxylation is 1. The lowest BCUT2D eigenvalue weighted by Crippen LogP contribution is -3.14. The Morgan fingerprint density at radius 3 is 2.64 bits per heavy atom. The van der Waals surface area contributed by atoms with E-state index in [9.17, 15) is 19.5 Å². The molecule has 2 aromatic carbocycles. The van der Waals surface area contributed by atoms with Gasteiger partial charge < -0.3 is 29.3 Å². The molecule has 3 heterocycles. The highest BCUT2D eigenvalue weighted by Gasteiger charge is 2.66. The van der Waals surface area contributed by atoms with Gasteiger partial charge in [0, 0.05) is 36.8 Å². The van der Waals surface area contributed by atoms with Crippen LogP contribution in [0.5, 0.6) is 5.75 Å². The fraction of sp³-hybridized carbons (Fsp3) is 0.367. The number of rotatable bonds is 8. The smallest absolute Gasteiger partial charge is 0.296 e. The van der Waals surface area contributed by atoms with Crippen molar-refractivity contribution < 1.29 is 33.9 Å². The van der Waals surface area contributed by atoms with Gasteiger partial charge in [0.05, 0.1) is 25.3 Å². The number of hydrogen-bond donors (Lipinski definition) is 2. The van der Waals surface area contributed by atoms with Crippen LogP contribution in [-0.2, 0) is 24.7 Å². The summed E-state index contributed by atoms with van der Waals surface area (Å²) in [6, 6.07) is 12.1. The van der Waals surface area contributed by atoms with Crippen molar-refractivity contribution in [3.05, 3.63) is 77.4 Å². The summed E-state index contributed by atoms with van der Waals surface area (Å²) in [7, 11) is 1.63. The van der Waals surface area contributed by atoms with E-state index in [0.717, 1.165) is 25.2 Å². The molecular formula is C30H34N3O6+. The summed E-state index contributed by atoms with van der Waals surface area (Å²) in [5.41, 5.74) is 0.229. The number of carbonyl (C=O) groups excluding carboxylic acids is 3. The Bertz CT molecular complexity index is 1360. The maximum Gasteiger partial charge on any atom is 0.296 e. The highest BCUT2D eigenvalue weighted by molar-refractivity contribution is 6.50. The summed E-state index contributed by atoms with van der Waals surface area (Å²) in [6.07, 6.45) is 2.23. The molecule has 9 nitrogen and oxygen atoms in total. The quantitative estimate of drug-likeness (QED) is 0.231. The number of anilines is 1. The first kappa shape index (κ1) is 26.6. The number of benzene rings is 2. The Balaban J connectivity index is 1.61. The molecule has 0 aliphatic carbocycles. The Kier molecular flexibility index (Phi) is 7.29. The van der Waals surface area contributed by atoms with E-state index in [-0.39, 0.29) is 17.9 Å². The Labute approximate surface area is 227 Å². The number of carbonyl (C=O) groups is 3. The van der Waals surface area contributed by atoms with E-state index in [1.165, 1.54) is 14.7 Å². The second kappa shape index (κ2) is 10.7. The topological polar surface area (TPSA) is 101 Å². The minimum absolute atomic E-state index is 0.201. The molecule has 3 aliphatic heterocycles. The van der Waals surface area contributed by atoms with Crippen LogP contribution in [0.2, 0.25) is 0 Å². The SMILES string of the molecule is C=CCOc1ccc(C(O)=C2C(=O)C(=O)N(CCC[NH+]3CCOCC3)C23C(=O)N(C)c2ccccc23)cc1C. The molecule has 0 aromatic heterocycles. The van der Waals surface area contributed by atoms with Gasteiger partial charge >= 0.3 is 0 Å². The van der Waals surface area contributed by atoms with Gasteiger partial charge in [-0.2, -0.15) is 0 Å². The van der Waals surface area contributed by atoms with Crippen LogP contribution in [0.3, 0.4) is 0 Å². The molecule has 0 bridgehead atoms. The van der Waals surface area contributed by atoms with Gasteiger partial charge in [0.15, 0.2) is 5.54 Å². The number of morpholine rings is 1. The van der Waals surface area contributed by atoms with Crippen molar-refractivity contribution in [2.45, 2.75) is 18.9 Å². The van der Waals surface area contributed by atoms with E-state index in [0.29, 0.717) is 48.8 Å². The van der Waals surface area contributed by atoms with E-state index in [1.807, 2.05) is 6.92 Å². The van der Waals surface area contributed by atoms with Gasteiger partial charge in [-0.1, -0.05) is 30.9 Å². The number of fused-ring (bicyclic) bond motifs is 2.